The highest BCUT2D eigenvalue weighted by atomic mass is 35.5. The van der Waals surface area contributed by atoms with Gasteiger partial charge in [0.2, 0.25) is 0 Å². The minimum atomic E-state index is -0.161. The molecule has 0 radical (unpaired) electrons. The topological polar surface area (TPSA) is 43.9 Å². The van der Waals surface area contributed by atoms with Gasteiger partial charge < -0.3 is 9.09 Å². The Labute approximate surface area is 122 Å². The van der Waals surface area contributed by atoms with E-state index in [1.165, 1.54) is 0 Å². The average Bonchev–Trinajstić information content (AvgIpc) is 2.96. The van der Waals surface area contributed by atoms with Gasteiger partial charge in [-0.1, -0.05) is 17.3 Å². The van der Waals surface area contributed by atoms with E-state index in [1.807, 2.05) is 26.0 Å². The molecule has 2 aromatic heterocycles. The molecular formula is C15H16ClN3O. The molecule has 2 heterocycles. The van der Waals surface area contributed by atoms with Crippen LogP contribution in [0.1, 0.15) is 35.1 Å². The van der Waals surface area contributed by atoms with Crippen LogP contribution in [0.2, 0.25) is 0 Å². The van der Waals surface area contributed by atoms with Crippen LogP contribution in [0.3, 0.4) is 0 Å². The second-order valence-electron chi connectivity index (χ2n) is 5.05. The van der Waals surface area contributed by atoms with E-state index in [2.05, 4.69) is 33.8 Å². The number of aryl methyl sites for hydroxylation is 2. The first-order valence-corrected chi connectivity index (χ1v) is 7.02. The Balaban J connectivity index is 2.16. The number of aromatic nitrogens is 3. The number of fused-ring (bicyclic) bond motifs is 1. The quantitative estimate of drug-likeness (QED) is 0.685. The highest BCUT2D eigenvalue weighted by Crippen LogP contribution is 2.27. The maximum atomic E-state index is 6.27. The molecule has 0 fully saturated rings. The van der Waals surface area contributed by atoms with Crippen LogP contribution < -0.4 is 0 Å². The van der Waals surface area contributed by atoms with Gasteiger partial charge >= 0.3 is 0 Å². The third-order valence-electron chi connectivity index (χ3n) is 3.36. The van der Waals surface area contributed by atoms with E-state index in [4.69, 9.17) is 16.1 Å². The van der Waals surface area contributed by atoms with Crippen LogP contribution in [-0.4, -0.2) is 14.7 Å². The minimum Gasteiger partial charge on any atom is -0.359 e. The molecule has 5 heteroatoms. The van der Waals surface area contributed by atoms with Crippen molar-refractivity contribution in [3.8, 4) is 0 Å². The molecule has 20 heavy (non-hydrogen) atoms. The molecule has 0 amide bonds. The third-order valence-corrected chi connectivity index (χ3v) is 3.55. The van der Waals surface area contributed by atoms with Crippen LogP contribution >= 0.6 is 11.6 Å². The molecular weight excluding hydrogens is 274 g/mol. The highest BCUT2D eigenvalue weighted by Gasteiger charge is 2.17. The van der Waals surface area contributed by atoms with Crippen molar-refractivity contribution in [2.45, 2.75) is 32.7 Å². The van der Waals surface area contributed by atoms with E-state index < -0.39 is 0 Å². The molecule has 0 N–H and O–H groups in total. The van der Waals surface area contributed by atoms with Crippen LogP contribution in [0.4, 0.5) is 0 Å². The van der Waals surface area contributed by atoms with E-state index >= 15 is 0 Å². The molecule has 0 bridgehead atoms. The number of benzene rings is 1. The normalized spacial score (nSPS) is 13.0. The second kappa shape index (κ2) is 4.94. The number of imidazole rings is 1. The molecule has 1 atom stereocenters. The standard InChI is InChI=1S/C15H16ClN3O/c1-9-5-4-6-13-14(9)17-15(11(3)16)19(13)8-12-7-10(2)18-20-12/h4-7,11H,8H2,1-3H3. The summed E-state index contributed by atoms with van der Waals surface area (Å²) in [4.78, 5) is 4.68. The van der Waals surface area contributed by atoms with E-state index in [0.717, 1.165) is 33.9 Å². The summed E-state index contributed by atoms with van der Waals surface area (Å²) in [5, 5.41) is 3.77. The SMILES string of the molecule is Cc1cc(Cn2c(C(C)Cl)nc3c(C)cccc32)on1. The van der Waals surface area contributed by atoms with Crippen molar-refractivity contribution in [3.63, 3.8) is 0 Å². The molecule has 0 saturated carbocycles. The Hall–Kier alpha value is -1.81. The van der Waals surface area contributed by atoms with Gasteiger partial charge in [-0.3, -0.25) is 0 Å². The largest absolute Gasteiger partial charge is 0.359 e. The average molecular weight is 290 g/mol. The van der Waals surface area contributed by atoms with Gasteiger partial charge in [0.15, 0.2) is 5.76 Å². The molecule has 0 saturated heterocycles. The van der Waals surface area contributed by atoms with Gasteiger partial charge in [0, 0.05) is 6.07 Å². The van der Waals surface area contributed by atoms with Crippen LogP contribution in [0.25, 0.3) is 11.0 Å². The Morgan fingerprint density at radius 3 is 2.80 bits per heavy atom. The second-order valence-corrected chi connectivity index (χ2v) is 5.70. The molecule has 3 rings (SSSR count). The Kier molecular flexibility index (Phi) is 3.26. The lowest BCUT2D eigenvalue weighted by Crippen LogP contribution is -2.05. The lowest BCUT2D eigenvalue weighted by atomic mass is 10.2. The van der Waals surface area contributed by atoms with Crippen molar-refractivity contribution in [1.82, 2.24) is 14.7 Å². The summed E-state index contributed by atoms with van der Waals surface area (Å²) in [5.74, 6) is 1.66. The van der Waals surface area contributed by atoms with Crippen molar-refractivity contribution >= 4 is 22.6 Å². The number of hydrogen-bond donors (Lipinski definition) is 0. The van der Waals surface area contributed by atoms with Crippen molar-refractivity contribution in [2.75, 3.05) is 0 Å². The van der Waals surface area contributed by atoms with Gasteiger partial charge in [0.25, 0.3) is 0 Å². The van der Waals surface area contributed by atoms with Crippen molar-refractivity contribution in [3.05, 3.63) is 47.1 Å². The minimum absolute atomic E-state index is 0.161. The molecule has 0 aliphatic rings. The van der Waals surface area contributed by atoms with E-state index in [1.54, 1.807) is 0 Å². The lowest BCUT2D eigenvalue weighted by molar-refractivity contribution is 0.372. The molecule has 1 aromatic carbocycles. The zero-order valence-electron chi connectivity index (χ0n) is 11.7. The molecule has 4 nitrogen and oxygen atoms in total. The Morgan fingerprint density at radius 1 is 1.35 bits per heavy atom. The molecule has 3 aromatic rings. The van der Waals surface area contributed by atoms with Gasteiger partial charge in [-0.05, 0) is 32.4 Å². The molecule has 0 aliphatic carbocycles. The van der Waals surface area contributed by atoms with Crippen LogP contribution in [0.15, 0.2) is 28.8 Å². The summed E-state index contributed by atoms with van der Waals surface area (Å²) in [6.07, 6.45) is 0. The van der Waals surface area contributed by atoms with Gasteiger partial charge in [-0.2, -0.15) is 0 Å². The predicted molar refractivity (Wildman–Crippen MR) is 79.1 cm³/mol. The summed E-state index contributed by atoms with van der Waals surface area (Å²) in [7, 11) is 0. The summed E-state index contributed by atoms with van der Waals surface area (Å²) in [5.41, 5.74) is 4.09. The van der Waals surface area contributed by atoms with Crippen LogP contribution in [0, 0.1) is 13.8 Å². The number of para-hydroxylation sites is 1. The van der Waals surface area contributed by atoms with Crippen LogP contribution in [0.5, 0.6) is 0 Å². The summed E-state index contributed by atoms with van der Waals surface area (Å²) >= 11 is 6.27. The smallest absolute Gasteiger partial charge is 0.156 e. The van der Waals surface area contributed by atoms with Gasteiger partial charge in [-0.15, -0.1) is 11.6 Å². The number of rotatable bonds is 3. The fraction of sp³-hybridized carbons (Fsp3) is 0.333. The highest BCUT2D eigenvalue weighted by molar-refractivity contribution is 6.20. The van der Waals surface area contributed by atoms with Crippen molar-refractivity contribution in [2.24, 2.45) is 0 Å². The first-order chi connectivity index (χ1) is 9.56. The number of halogens is 1. The maximum Gasteiger partial charge on any atom is 0.156 e. The monoisotopic (exact) mass is 289 g/mol. The molecule has 0 spiro atoms. The van der Waals surface area contributed by atoms with Crippen molar-refractivity contribution in [1.29, 1.82) is 0 Å². The van der Waals surface area contributed by atoms with Gasteiger partial charge in [-0.25, -0.2) is 4.98 Å². The van der Waals surface area contributed by atoms with E-state index in [-0.39, 0.29) is 5.38 Å². The number of nitrogens with zero attached hydrogens (tertiary/aromatic N) is 3. The predicted octanol–water partition coefficient (Wildman–Crippen LogP) is 3.99. The summed E-state index contributed by atoms with van der Waals surface area (Å²) in [6.45, 7) is 6.49. The third kappa shape index (κ3) is 2.20. The first-order valence-electron chi connectivity index (χ1n) is 6.58. The summed E-state index contributed by atoms with van der Waals surface area (Å²) < 4.78 is 7.41. The van der Waals surface area contributed by atoms with Crippen LogP contribution in [-0.2, 0) is 6.54 Å². The fourth-order valence-electron chi connectivity index (χ4n) is 2.42. The van der Waals surface area contributed by atoms with Gasteiger partial charge in [0.05, 0.1) is 28.6 Å². The fourth-order valence-corrected chi connectivity index (χ4v) is 2.59. The van der Waals surface area contributed by atoms with E-state index in [0.29, 0.717) is 6.54 Å². The van der Waals surface area contributed by atoms with Gasteiger partial charge in [0.1, 0.15) is 5.82 Å². The molecule has 104 valence electrons. The van der Waals surface area contributed by atoms with Crippen molar-refractivity contribution < 1.29 is 4.52 Å². The lowest BCUT2D eigenvalue weighted by Gasteiger charge is -2.08. The Morgan fingerprint density at radius 2 is 2.15 bits per heavy atom. The van der Waals surface area contributed by atoms with E-state index in [9.17, 15) is 0 Å². The Bertz CT molecular complexity index is 758. The molecule has 1 unspecified atom stereocenters. The summed E-state index contributed by atoms with van der Waals surface area (Å²) in [6, 6.07) is 8.08. The number of hydrogen-bond acceptors (Lipinski definition) is 3. The first kappa shape index (κ1) is 13.2. The molecule has 0 aliphatic heterocycles. The zero-order valence-corrected chi connectivity index (χ0v) is 12.5. The maximum absolute atomic E-state index is 6.27. The number of alkyl halides is 1. The zero-order chi connectivity index (χ0) is 14.3.